The van der Waals surface area contributed by atoms with Crippen LogP contribution in [-0.2, 0) is 23.5 Å². The predicted molar refractivity (Wildman–Crippen MR) is 110 cm³/mol. The van der Waals surface area contributed by atoms with E-state index in [0.717, 1.165) is 25.7 Å². The highest BCUT2D eigenvalue weighted by Crippen LogP contribution is 2.77. The van der Waals surface area contributed by atoms with Gasteiger partial charge in [0.1, 0.15) is 11.0 Å². The third-order valence-corrected chi connectivity index (χ3v) is 9.62. The van der Waals surface area contributed by atoms with Crippen LogP contribution in [0.1, 0.15) is 32.6 Å². The lowest BCUT2D eigenvalue weighted by molar-refractivity contribution is -0.162. The third-order valence-electron chi connectivity index (χ3n) is 8.65. The molecule has 0 aromatic heterocycles. The maximum atomic E-state index is 13.4. The molecule has 5 nitrogen and oxygen atoms in total. The van der Waals surface area contributed by atoms with Crippen LogP contribution in [0.15, 0.2) is 24.3 Å². The highest BCUT2D eigenvalue weighted by molar-refractivity contribution is 6.69. The van der Waals surface area contributed by atoms with E-state index in [2.05, 4.69) is 38.4 Å². The van der Waals surface area contributed by atoms with Gasteiger partial charge in [0.2, 0.25) is 0 Å². The Morgan fingerprint density at radius 1 is 1.31 bits per heavy atom. The third kappa shape index (κ3) is 2.20. The lowest BCUT2D eigenvalue weighted by Gasteiger charge is -2.43. The van der Waals surface area contributed by atoms with Crippen LogP contribution in [0.25, 0.3) is 0 Å². The number of fused-ring (bicyclic) bond motifs is 1. The Morgan fingerprint density at radius 3 is 2.69 bits per heavy atom. The summed E-state index contributed by atoms with van der Waals surface area (Å²) >= 11 is 0. The molecule has 8 atom stereocenters. The molecule has 4 bridgehead atoms. The van der Waals surface area contributed by atoms with E-state index in [9.17, 15) is 9.59 Å². The molecule has 6 heteroatoms. The SMILES string of the molecule is C=C1C[C@]23C[C@H]1CCC2[C@@]12C=C[C@@H](O[Si](C)(C)C)C(C)(C(=O)O1)C2C3C(=O)OC. The van der Waals surface area contributed by atoms with E-state index in [4.69, 9.17) is 13.9 Å². The number of hydrogen-bond acceptors (Lipinski definition) is 5. The van der Waals surface area contributed by atoms with Gasteiger partial charge in [-0.3, -0.25) is 9.59 Å². The van der Waals surface area contributed by atoms with Crippen LogP contribution in [0.5, 0.6) is 0 Å². The molecule has 158 valence electrons. The number of methoxy groups -OCH3 is 1. The van der Waals surface area contributed by atoms with Crippen LogP contribution in [-0.4, -0.2) is 39.1 Å². The van der Waals surface area contributed by atoms with Crippen molar-refractivity contribution in [1.29, 1.82) is 0 Å². The van der Waals surface area contributed by atoms with Gasteiger partial charge in [0, 0.05) is 11.8 Å². The van der Waals surface area contributed by atoms with Crippen molar-refractivity contribution in [1.82, 2.24) is 0 Å². The van der Waals surface area contributed by atoms with Crippen LogP contribution in [0.4, 0.5) is 0 Å². The van der Waals surface area contributed by atoms with Gasteiger partial charge in [0.05, 0.1) is 19.1 Å². The lowest BCUT2D eigenvalue weighted by Crippen LogP contribution is -2.53. The summed E-state index contributed by atoms with van der Waals surface area (Å²) in [6, 6.07) is 0. The van der Waals surface area contributed by atoms with Crippen molar-refractivity contribution in [3.63, 3.8) is 0 Å². The standard InChI is InChI=1S/C23H32O5Si/c1-13-11-22-12-14(13)7-8-15(22)23-10-9-16(28-29(4,5)6)21(2,20(25)27-23)18(23)17(22)19(24)26-3/h9-10,14-18H,1,7-8,11-12H2,2-6H3/t14-,15?,16-,17?,18?,21?,22+,23-/m1/s1. The van der Waals surface area contributed by atoms with E-state index >= 15 is 0 Å². The quantitative estimate of drug-likeness (QED) is 0.397. The minimum Gasteiger partial charge on any atom is -0.469 e. The van der Waals surface area contributed by atoms with E-state index < -0.39 is 19.3 Å². The first-order valence-corrected chi connectivity index (χ1v) is 14.3. The molecule has 0 aromatic rings. The number of carbonyl (C=O) groups excluding carboxylic acids is 2. The fourth-order valence-electron chi connectivity index (χ4n) is 7.78. The largest absolute Gasteiger partial charge is 0.469 e. The van der Waals surface area contributed by atoms with Crippen molar-refractivity contribution in [3.05, 3.63) is 24.3 Å². The molecule has 1 spiro atoms. The maximum absolute atomic E-state index is 13.4. The highest BCUT2D eigenvalue weighted by Gasteiger charge is 2.82. The van der Waals surface area contributed by atoms with Crippen LogP contribution in [0, 0.1) is 34.5 Å². The zero-order chi connectivity index (χ0) is 21.0. The van der Waals surface area contributed by atoms with Crippen molar-refractivity contribution in [2.75, 3.05) is 7.11 Å². The summed E-state index contributed by atoms with van der Waals surface area (Å²) in [5, 5.41) is 0. The lowest BCUT2D eigenvalue weighted by atomic mass is 9.61. The summed E-state index contributed by atoms with van der Waals surface area (Å²) in [4.78, 5) is 26.7. The number of hydrogen-bond donors (Lipinski definition) is 0. The van der Waals surface area contributed by atoms with Crippen LogP contribution < -0.4 is 0 Å². The van der Waals surface area contributed by atoms with Crippen molar-refractivity contribution >= 4 is 20.3 Å². The molecule has 1 saturated heterocycles. The van der Waals surface area contributed by atoms with Gasteiger partial charge in [-0.05, 0) is 69.7 Å². The average Bonchev–Trinajstić information content (AvgIpc) is 3.09. The molecule has 5 rings (SSSR count). The minimum absolute atomic E-state index is 0.134. The Morgan fingerprint density at radius 2 is 2.03 bits per heavy atom. The molecule has 0 aromatic carbocycles. The average molecular weight is 417 g/mol. The Kier molecular flexibility index (Phi) is 3.80. The van der Waals surface area contributed by atoms with E-state index in [1.165, 1.54) is 12.7 Å². The normalized spacial score (nSPS) is 49.6. The molecule has 1 aliphatic heterocycles. The zero-order valence-corrected chi connectivity index (χ0v) is 19.1. The second kappa shape index (κ2) is 5.64. The molecular formula is C23H32O5Si. The summed E-state index contributed by atoms with van der Waals surface area (Å²) in [5.41, 5.74) is -0.570. The summed E-state index contributed by atoms with van der Waals surface area (Å²) in [6.07, 6.45) is 7.59. The first kappa shape index (κ1) is 19.6. The van der Waals surface area contributed by atoms with Gasteiger partial charge in [0.15, 0.2) is 8.32 Å². The molecule has 1 heterocycles. The summed E-state index contributed by atoms with van der Waals surface area (Å²) in [6.45, 7) is 12.7. The van der Waals surface area contributed by atoms with Gasteiger partial charge in [-0.25, -0.2) is 0 Å². The molecule has 4 fully saturated rings. The topological polar surface area (TPSA) is 61.8 Å². The van der Waals surface area contributed by atoms with E-state index in [1.807, 2.05) is 6.92 Å². The van der Waals surface area contributed by atoms with Crippen molar-refractivity contribution in [2.45, 2.75) is 64.0 Å². The Labute approximate surface area is 174 Å². The van der Waals surface area contributed by atoms with Crippen LogP contribution >= 0.6 is 0 Å². The predicted octanol–water partition coefficient (Wildman–Crippen LogP) is 3.86. The summed E-state index contributed by atoms with van der Waals surface area (Å²) in [7, 11) is -0.459. The zero-order valence-electron chi connectivity index (χ0n) is 18.1. The van der Waals surface area contributed by atoms with Gasteiger partial charge in [-0.15, -0.1) is 0 Å². The smallest absolute Gasteiger partial charge is 0.316 e. The molecule has 0 N–H and O–H groups in total. The highest BCUT2D eigenvalue weighted by atomic mass is 28.4. The number of carbonyl (C=O) groups is 2. The first-order valence-electron chi connectivity index (χ1n) is 10.9. The number of rotatable bonds is 3. The Hall–Kier alpha value is -1.40. The minimum atomic E-state index is -1.92. The van der Waals surface area contributed by atoms with Gasteiger partial charge in [-0.1, -0.05) is 18.2 Å². The van der Waals surface area contributed by atoms with Crippen LogP contribution in [0.2, 0.25) is 19.6 Å². The molecule has 0 radical (unpaired) electrons. The van der Waals surface area contributed by atoms with E-state index in [0.29, 0.717) is 5.92 Å². The van der Waals surface area contributed by atoms with Gasteiger partial charge < -0.3 is 13.9 Å². The van der Waals surface area contributed by atoms with E-state index in [-0.39, 0.29) is 41.2 Å². The number of ether oxygens (including phenoxy) is 2. The van der Waals surface area contributed by atoms with Crippen molar-refractivity contribution in [3.8, 4) is 0 Å². The van der Waals surface area contributed by atoms with Crippen molar-refractivity contribution in [2.24, 2.45) is 34.5 Å². The fraction of sp³-hybridized carbons (Fsp3) is 0.739. The summed E-state index contributed by atoms with van der Waals surface area (Å²) < 4.78 is 18.1. The maximum Gasteiger partial charge on any atom is 0.316 e. The second-order valence-electron chi connectivity index (χ2n) is 11.1. The fourth-order valence-corrected chi connectivity index (χ4v) is 8.86. The molecule has 0 amide bonds. The Bertz CT molecular complexity index is 843. The molecule has 4 aliphatic carbocycles. The number of esters is 2. The molecule has 3 saturated carbocycles. The second-order valence-corrected chi connectivity index (χ2v) is 15.6. The first-order chi connectivity index (χ1) is 13.5. The number of allylic oxidation sites excluding steroid dienone is 1. The van der Waals surface area contributed by atoms with E-state index in [1.54, 1.807) is 0 Å². The molecular weight excluding hydrogens is 384 g/mol. The Balaban J connectivity index is 1.70. The van der Waals surface area contributed by atoms with Gasteiger partial charge in [-0.2, -0.15) is 0 Å². The van der Waals surface area contributed by atoms with Crippen LogP contribution in [0.3, 0.4) is 0 Å². The van der Waals surface area contributed by atoms with Crippen molar-refractivity contribution < 1.29 is 23.5 Å². The molecule has 4 unspecified atom stereocenters. The molecule has 5 aliphatic rings. The van der Waals surface area contributed by atoms with Gasteiger partial charge >= 0.3 is 11.9 Å². The van der Waals surface area contributed by atoms with Gasteiger partial charge in [0.25, 0.3) is 0 Å². The monoisotopic (exact) mass is 416 g/mol. The summed E-state index contributed by atoms with van der Waals surface area (Å²) in [5.74, 6) is -0.448. The molecule has 29 heavy (non-hydrogen) atoms.